The van der Waals surface area contributed by atoms with Gasteiger partial charge in [0.1, 0.15) is 30.0 Å². The molecule has 0 spiro atoms. The predicted octanol–water partition coefficient (Wildman–Crippen LogP) is 3.79. The van der Waals surface area contributed by atoms with Crippen LogP contribution in [0.4, 0.5) is 10.1 Å². The molecule has 3 fully saturated rings. The Morgan fingerprint density at radius 3 is 2.06 bits per heavy atom. The second-order valence-electron chi connectivity index (χ2n) is 16.4. The maximum absolute atomic E-state index is 13.7. The van der Waals surface area contributed by atoms with Crippen molar-refractivity contribution in [3.63, 3.8) is 0 Å². The van der Waals surface area contributed by atoms with Gasteiger partial charge in [0.2, 0.25) is 11.8 Å². The molecule has 63 heavy (non-hydrogen) atoms. The third-order valence-electron chi connectivity index (χ3n) is 12.4. The molecule has 4 aliphatic rings. The first-order chi connectivity index (χ1) is 30.6. The van der Waals surface area contributed by atoms with Crippen molar-refractivity contribution >= 4 is 63.3 Å². The van der Waals surface area contributed by atoms with Crippen LogP contribution >= 0.6 is 11.3 Å². The van der Waals surface area contributed by atoms with Crippen LogP contribution in [-0.2, 0) is 9.59 Å². The number of anilines is 1. The van der Waals surface area contributed by atoms with Crippen molar-refractivity contribution in [3.8, 4) is 27.7 Å². The lowest BCUT2D eigenvalue weighted by Crippen LogP contribution is -2.54. The number of ether oxygens (including phenoxy) is 2. The number of hydrogen-bond donors (Lipinski definition) is 3. The average molecular weight is 875 g/mol. The van der Waals surface area contributed by atoms with E-state index in [4.69, 9.17) is 9.47 Å². The standard InChI is InChI=1S/C46H48BFN6O8S/c48-32-5-2-30(3-6-32)43-42(37-12-4-31(47(59)60)28-40(37)63-43)62-35-10-8-34(9-11-35)61-27-26-52-20-18-50(19-21-52)16-1-17-51-22-24-53(25-23-51)33-7-13-36-38(29-33)46(58)54(45(36)57)39-14-15-41(55)49-44(39)56/h2-13,28-29,39,59-60H,1,14-27H2,(H,49,55,56). The predicted molar refractivity (Wildman–Crippen MR) is 238 cm³/mol. The number of nitrogens with zero attached hydrogens (tertiary/aromatic N) is 5. The Bertz CT molecular complexity index is 2510. The molecule has 3 saturated heterocycles. The molecular weight excluding hydrogens is 826 g/mol. The number of nitrogens with one attached hydrogen (secondary N) is 1. The zero-order chi connectivity index (χ0) is 43.6. The number of amides is 4. The summed E-state index contributed by atoms with van der Waals surface area (Å²) in [5.74, 6) is -0.326. The largest absolute Gasteiger partial charge is 0.492 e. The third-order valence-corrected chi connectivity index (χ3v) is 13.6. The fourth-order valence-corrected chi connectivity index (χ4v) is 9.98. The Labute approximate surface area is 368 Å². The second kappa shape index (κ2) is 18.6. The first kappa shape index (κ1) is 42.6. The zero-order valence-corrected chi connectivity index (χ0v) is 35.5. The Hall–Kier alpha value is -5.69. The number of rotatable bonds is 14. The van der Waals surface area contributed by atoms with Gasteiger partial charge in [-0.3, -0.25) is 39.2 Å². The minimum Gasteiger partial charge on any atom is -0.492 e. The molecule has 14 nitrogen and oxygen atoms in total. The molecule has 0 saturated carbocycles. The van der Waals surface area contributed by atoms with Crippen LogP contribution in [0.25, 0.3) is 20.5 Å². The van der Waals surface area contributed by atoms with Crippen LogP contribution in [0.5, 0.6) is 17.2 Å². The van der Waals surface area contributed by atoms with E-state index in [0.717, 1.165) is 115 Å². The lowest BCUT2D eigenvalue weighted by atomic mass is 9.80. The number of imide groups is 2. The lowest BCUT2D eigenvalue weighted by Gasteiger charge is -2.37. The Kier molecular flexibility index (Phi) is 12.6. The summed E-state index contributed by atoms with van der Waals surface area (Å²) in [5, 5.41) is 22.5. The van der Waals surface area contributed by atoms with Crippen molar-refractivity contribution in [2.75, 3.05) is 83.5 Å². The molecule has 0 radical (unpaired) electrons. The van der Waals surface area contributed by atoms with Crippen molar-refractivity contribution < 1.29 is 43.1 Å². The van der Waals surface area contributed by atoms with Crippen LogP contribution < -0.4 is 25.2 Å². The van der Waals surface area contributed by atoms with E-state index in [0.29, 0.717) is 34.7 Å². The van der Waals surface area contributed by atoms with Gasteiger partial charge in [0, 0.05) is 81.1 Å². The summed E-state index contributed by atoms with van der Waals surface area (Å²) in [4.78, 5) is 61.9. The van der Waals surface area contributed by atoms with Gasteiger partial charge in [0.25, 0.3) is 11.8 Å². The van der Waals surface area contributed by atoms with Gasteiger partial charge >= 0.3 is 7.12 Å². The summed E-state index contributed by atoms with van der Waals surface area (Å²) < 4.78 is 27.1. The molecule has 1 unspecified atom stereocenters. The quantitative estimate of drug-likeness (QED) is 0.110. The molecule has 1 atom stereocenters. The molecular formula is C46H48BFN6O8S. The Morgan fingerprint density at radius 1 is 0.730 bits per heavy atom. The molecule has 4 aromatic carbocycles. The summed E-state index contributed by atoms with van der Waals surface area (Å²) in [5.41, 5.74) is 2.67. The normalized spacial score (nSPS) is 18.9. The Morgan fingerprint density at radius 2 is 1.38 bits per heavy atom. The van der Waals surface area contributed by atoms with Crippen molar-refractivity contribution in [1.82, 2.24) is 24.9 Å². The van der Waals surface area contributed by atoms with Crippen molar-refractivity contribution in [3.05, 3.63) is 102 Å². The van der Waals surface area contributed by atoms with Gasteiger partial charge < -0.3 is 29.3 Å². The van der Waals surface area contributed by atoms with Gasteiger partial charge in [-0.2, -0.15) is 0 Å². The molecule has 5 heterocycles. The molecule has 0 aliphatic carbocycles. The molecule has 3 N–H and O–H groups in total. The highest BCUT2D eigenvalue weighted by Crippen LogP contribution is 2.46. The Balaban J connectivity index is 0.685. The second-order valence-corrected chi connectivity index (χ2v) is 17.4. The minimum absolute atomic E-state index is 0.0917. The molecule has 9 rings (SSSR count). The molecule has 0 bridgehead atoms. The third kappa shape index (κ3) is 9.35. The number of halogens is 1. The van der Waals surface area contributed by atoms with Crippen LogP contribution in [0.15, 0.2) is 84.9 Å². The number of thiophene rings is 1. The first-order valence-corrected chi connectivity index (χ1v) is 22.3. The first-order valence-electron chi connectivity index (χ1n) is 21.4. The fourth-order valence-electron chi connectivity index (χ4n) is 8.80. The number of piperidine rings is 1. The lowest BCUT2D eigenvalue weighted by molar-refractivity contribution is -0.136. The monoisotopic (exact) mass is 874 g/mol. The number of piperazine rings is 2. The minimum atomic E-state index is -1.59. The number of fused-ring (bicyclic) bond motifs is 2. The summed E-state index contributed by atoms with van der Waals surface area (Å²) in [6.45, 7) is 10.9. The van der Waals surface area contributed by atoms with Crippen LogP contribution in [0, 0.1) is 5.82 Å². The van der Waals surface area contributed by atoms with Crippen LogP contribution in [-0.4, -0.2) is 145 Å². The molecule has 4 aliphatic heterocycles. The van der Waals surface area contributed by atoms with Crippen molar-refractivity contribution in [2.24, 2.45) is 0 Å². The molecule has 4 amide bonds. The van der Waals surface area contributed by atoms with Crippen molar-refractivity contribution in [1.29, 1.82) is 0 Å². The van der Waals surface area contributed by atoms with E-state index in [-0.39, 0.29) is 18.7 Å². The molecule has 5 aromatic rings. The zero-order valence-electron chi connectivity index (χ0n) is 34.7. The van der Waals surface area contributed by atoms with E-state index in [1.165, 1.54) is 23.5 Å². The maximum atomic E-state index is 13.7. The van der Waals surface area contributed by atoms with Crippen LogP contribution in [0.1, 0.15) is 40.0 Å². The van der Waals surface area contributed by atoms with E-state index >= 15 is 0 Å². The van der Waals surface area contributed by atoms with Gasteiger partial charge in [0.15, 0.2) is 5.75 Å². The van der Waals surface area contributed by atoms with E-state index in [9.17, 15) is 33.6 Å². The highest BCUT2D eigenvalue weighted by Gasteiger charge is 2.45. The molecule has 17 heteroatoms. The molecule has 326 valence electrons. The van der Waals surface area contributed by atoms with Gasteiger partial charge in [-0.25, -0.2) is 4.39 Å². The average Bonchev–Trinajstić information content (AvgIpc) is 3.77. The van der Waals surface area contributed by atoms with Crippen LogP contribution in [0.3, 0.4) is 0 Å². The maximum Gasteiger partial charge on any atom is 0.488 e. The number of carbonyl (C=O) groups excluding carboxylic acids is 4. The summed E-state index contributed by atoms with van der Waals surface area (Å²) in [7, 11) is -1.59. The number of hydrogen-bond acceptors (Lipinski definition) is 13. The smallest absolute Gasteiger partial charge is 0.488 e. The summed E-state index contributed by atoms with van der Waals surface area (Å²) in [6, 6.07) is 23.3. The highest BCUT2D eigenvalue weighted by atomic mass is 32.1. The van der Waals surface area contributed by atoms with E-state index < -0.39 is 36.8 Å². The number of benzene rings is 4. The van der Waals surface area contributed by atoms with Gasteiger partial charge in [-0.15, -0.1) is 11.3 Å². The summed E-state index contributed by atoms with van der Waals surface area (Å²) >= 11 is 1.44. The fraction of sp³-hybridized carbons (Fsp3) is 0.348. The topological polar surface area (TPSA) is 155 Å². The molecule has 1 aromatic heterocycles. The van der Waals surface area contributed by atoms with Gasteiger partial charge in [-0.1, -0.05) is 24.3 Å². The highest BCUT2D eigenvalue weighted by molar-refractivity contribution is 7.22. The number of carbonyl (C=O) groups is 4. The van der Waals surface area contributed by atoms with Crippen molar-refractivity contribution in [2.45, 2.75) is 25.3 Å². The van der Waals surface area contributed by atoms with E-state index in [2.05, 4.69) is 24.9 Å². The van der Waals surface area contributed by atoms with Gasteiger partial charge in [-0.05, 0) is 97.6 Å². The summed E-state index contributed by atoms with van der Waals surface area (Å²) in [6.07, 6.45) is 1.31. The van der Waals surface area contributed by atoms with Gasteiger partial charge in [0.05, 0.1) is 16.0 Å². The van der Waals surface area contributed by atoms with Crippen LogP contribution in [0.2, 0.25) is 0 Å². The van der Waals surface area contributed by atoms with E-state index in [1.54, 1.807) is 36.4 Å². The van der Waals surface area contributed by atoms with E-state index in [1.807, 2.05) is 36.4 Å². The SMILES string of the molecule is O=C1CCC(N2C(=O)c3ccc(N4CCN(CCCN5CCN(CCOc6ccc(Oc7c(-c8ccc(F)cc8)sc8cc(B(O)O)ccc78)cc6)CC5)CC4)cc3C2=O)C(=O)N1.